The summed E-state index contributed by atoms with van der Waals surface area (Å²) in [6.07, 6.45) is 1.62. The summed E-state index contributed by atoms with van der Waals surface area (Å²) < 4.78 is 27.3. The number of benzene rings is 1. The van der Waals surface area contributed by atoms with Crippen LogP contribution in [0.15, 0.2) is 39.3 Å². The zero-order valence-corrected chi connectivity index (χ0v) is 12.9. The molecule has 0 unspecified atom stereocenters. The van der Waals surface area contributed by atoms with Crippen LogP contribution >= 0.6 is 27.3 Å². The van der Waals surface area contributed by atoms with Crippen LogP contribution < -0.4 is 4.72 Å². The van der Waals surface area contributed by atoms with Gasteiger partial charge in [-0.25, -0.2) is 13.1 Å². The molecule has 0 aliphatic carbocycles. The predicted molar refractivity (Wildman–Crippen MR) is 76.2 cm³/mol. The Balaban J connectivity index is 2.23. The summed E-state index contributed by atoms with van der Waals surface area (Å²) >= 11 is 4.58. The Bertz CT molecular complexity index is 657. The molecule has 1 aromatic carbocycles. The summed E-state index contributed by atoms with van der Waals surface area (Å²) in [6, 6.07) is 4.71. The fourth-order valence-corrected chi connectivity index (χ4v) is 4.07. The molecule has 8 heteroatoms. The van der Waals surface area contributed by atoms with E-state index in [0.29, 0.717) is 10.0 Å². The van der Waals surface area contributed by atoms with Crippen molar-refractivity contribution in [2.24, 2.45) is 0 Å². The number of rotatable bonds is 5. The fourth-order valence-electron chi connectivity index (χ4n) is 1.43. The van der Waals surface area contributed by atoms with Crippen LogP contribution in [0.4, 0.5) is 0 Å². The fraction of sp³-hybridized carbons (Fsp3) is 0.182. The van der Waals surface area contributed by atoms with E-state index in [2.05, 4.69) is 25.6 Å². The number of hydrogen-bond donors (Lipinski definition) is 2. The van der Waals surface area contributed by atoms with Gasteiger partial charge in [-0.3, -0.25) is 4.98 Å². The van der Waals surface area contributed by atoms with E-state index in [1.807, 2.05) is 0 Å². The van der Waals surface area contributed by atoms with E-state index in [-0.39, 0.29) is 18.0 Å². The zero-order valence-electron chi connectivity index (χ0n) is 9.71. The minimum atomic E-state index is -3.63. The van der Waals surface area contributed by atoms with Crippen LogP contribution in [-0.2, 0) is 23.2 Å². The summed E-state index contributed by atoms with van der Waals surface area (Å²) in [4.78, 5) is 4.83. The number of sulfonamides is 1. The molecule has 2 rings (SSSR count). The highest BCUT2D eigenvalue weighted by Crippen LogP contribution is 2.23. The van der Waals surface area contributed by atoms with Gasteiger partial charge in [0.25, 0.3) is 0 Å². The first-order valence-electron chi connectivity index (χ1n) is 5.29. The molecule has 1 heterocycles. The summed E-state index contributed by atoms with van der Waals surface area (Å²) in [5.41, 5.74) is 2.19. The molecule has 2 aromatic rings. The second-order valence-corrected chi connectivity index (χ2v) is 7.28. The largest absolute Gasteiger partial charge is 0.392 e. The van der Waals surface area contributed by atoms with Crippen molar-refractivity contribution in [3.63, 3.8) is 0 Å². The molecule has 2 N–H and O–H groups in total. The third-order valence-corrected chi connectivity index (χ3v) is 5.56. The summed E-state index contributed by atoms with van der Waals surface area (Å²) in [7, 11) is -3.63. The van der Waals surface area contributed by atoms with Crippen molar-refractivity contribution in [3.8, 4) is 0 Å². The topological polar surface area (TPSA) is 79.3 Å². The minimum absolute atomic E-state index is 0.114. The molecule has 0 fully saturated rings. The van der Waals surface area contributed by atoms with Crippen LogP contribution in [0.2, 0.25) is 0 Å². The van der Waals surface area contributed by atoms with Crippen molar-refractivity contribution < 1.29 is 13.5 Å². The molecular weight excluding hydrogens is 352 g/mol. The highest BCUT2D eigenvalue weighted by atomic mass is 79.9. The number of halogens is 1. The summed E-state index contributed by atoms with van der Waals surface area (Å²) in [6.45, 7) is -0.00651. The second-order valence-electron chi connectivity index (χ2n) is 3.72. The molecule has 0 aliphatic rings. The second kappa shape index (κ2) is 6.10. The van der Waals surface area contributed by atoms with Gasteiger partial charge in [0.15, 0.2) is 0 Å². The van der Waals surface area contributed by atoms with E-state index in [4.69, 9.17) is 5.11 Å². The van der Waals surface area contributed by atoms with Crippen LogP contribution in [0, 0.1) is 0 Å². The van der Waals surface area contributed by atoms with E-state index in [1.54, 1.807) is 23.8 Å². The number of nitrogens with one attached hydrogen (secondary N) is 1. The van der Waals surface area contributed by atoms with E-state index in [9.17, 15) is 8.42 Å². The smallest absolute Gasteiger partial charge is 0.242 e. The van der Waals surface area contributed by atoms with Gasteiger partial charge in [-0.15, -0.1) is 11.3 Å². The quantitative estimate of drug-likeness (QED) is 0.850. The lowest BCUT2D eigenvalue weighted by molar-refractivity contribution is 0.281. The molecule has 0 aliphatic heterocycles. The zero-order chi connectivity index (χ0) is 13.9. The Kier molecular flexibility index (Phi) is 4.69. The number of aromatic nitrogens is 1. The first-order chi connectivity index (χ1) is 9.03. The summed E-state index contributed by atoms with van der Waals surface area (Å²) in [5.74, 6) is 0. The van der Waals surface area contributed by atoms with Crippen molar-refractivity contribution in [3.05, 3.63) is 44.8 Å². The predicted octanol–water partition coefficient (Wildman–Crippen LogP) is 1.88. The van der Waals surface area contributed by atoms with Gasteiger partial charge in [0.1, 0.15) is 0 Å². The van der Waals surface area contributed by atoms with Gasteiger partial charge >= 0.3 is 0 Å². The summed E-state index contributed by atoms with van der Waals surface area (Å²) in [5, 5.41) is 9.06. The molecular formula is C11H11BrN2O3S2. The monoisotopic (exact) mass is 362 g/mol. The Morgan fingerprint density at radius 1 is 1.42 bits per heavy atom. The highest BCUT2D eigenvalue weighted by Gasteiger charge is 2.18. The van der Waals surface area contributed by atoms with E-state index in [1.165, 1.54) is 17.4 Å². The van der Waals surface area contributed by atoms with Crippen LogP contribution in [0.1, 0.15) is 10.4 Å². The molecule has 102 valence electrons. The van der Waals surface area contributed by atoms with Crippen LogP contribution in [0.3, 0.4) is 0 Å². The molecule has 0 saturated carbocycles. The Hall–Kier alpha value is -0.800. The van der Waals surface area contributed by atoms with Crippen molar-refractivity contribution in [1.82, 2.24) is 9.71 Å². The van der Waals surface area contributed by atoms with Crippen molar-refractivity contribution in [1.29, 1.82) is 0 Å². The maximum Gasteiger partial charge on any atom is 0.242 e. The molecule has 1 aromatic heterocycles. The normalized spacial score (nSPS) is 11.7. The lowest BCUT2D eigenvalue weighted by Crippen LogP contribution is -2.23. The van der Waals surface area contributed by atoms with E-state index >= 15 is 0 Å². The molecule has 0 amide bonds. The Morgan fingerprint density at radius 3 is 2.84 bits per heavy atom. The third-order valence-electron chi connectivity index (χ3n) is 2.39. The van der Waals surface area contributed by atoms with Crippen molar-refractivity contribution >= 4 is 37.3 Å². The maximum absolute atomic E-state index is 12.2. The van der Waals surface area contributed by atoms with Gasteiger partial charge in [0, 0.05) is 22.1 Å². The first-order valence-corrected chi connectivity index (χ1v) is 8.45. The van der Waals surface area contributed by atoms with Crippen LogP contribution in [0.5, 0.6) is 0 Å². The van der Waals surface area contributed by atoms with Crippen molar-refractivity contribution in [2.75, 3.05) is 0 Å². The van der Waals surface area contributed by atoms with Gasteiger partial charge in [-0.05, 0) is 33.6 Å². The molecule has 0 saturated heterocycles. The third kappa shape index (κ3) is 3.61. The maximum atomic E-state index is 12.2. The number of aliphatic hydroxyl groups excluding tert-OH is 1. The average Bonchev–Trinajstić information content (AvgIpc) is 2.90. The van der Waals surface area contributed by atoms with Gasteiger partial charge < -0.3 is 5.11 Å². The SMILES string of the molecule is O=S(=O)(NCc1cncs1)c1cc(CO)ccc1Br. The Morgan fingerprint density at radius 2 is 2.21 bits per heavy atom. The van der Waals surface area contributed by atoms with Crippen LogP contribution in [-0.4, -0.2) is 18.5 Å². The Labute approximate surface area is 123 Å². The van der Waals surface area contributed by atoms with E-state index in [0.717, 1.165) is 4.88 Å². The molecule has 0 spiro atoms. The number of nitrogens with zero attached hydrogens (tertiary/aromatic N) is 1. The lowest BCUT2D eigenvalue weighted by atomic mass is 10.2. The van der Waals surface area contributed by atoms with Gasteiger partial charge in [-0.2, -0.15) is 0 Å². The number of thiazole rings is 1. The first kappa shape index (κ1) is 14.6. The minimum Gasteiger partial charge on any atom is -0.392 e. The van der Waals surface area contributed by atoms with Crippen molar-refractivity contribution in [2.45, 2.75) is 18.0 Å². The van der Waals surface area contributed by atoms with Gasteiger partial charge in [0.05, 0.1) is 17.0 Å². The number of aliphatic hydroxyl groups is 1. The lowest BCUT2D eigenvalue weighted by Gasteiger charge is -2.09. The highest BCUT2D eigenvalue weighted by molar-refractivity contribution is 9.10. The molecule has 5 nitrogen and oxygen atoms in total. The molecule has 0 radical (unpaired) electrons. The van der Waals surface area contributed by atoms with Gasteiger partial charge in [0.2, 0.25) is 10.0 Å². The van der Waals surface area contributed by atoms with E-state index < -0.39 is 10.0 Å². The van der Waals surface area contributed by atoms with Gasteiger partial charge in [-0.1, -0.05) is 6.07 Å². The molecule has 19 heavy (non-hydrogen) atoms. The molecule has 0 atom stereocenters. The number of hydrogen-bond acceptors (Lipinski definition) is 5. The standard InChI is InChI=1S/C11H11BrN2O3S2/c12-10-2-1-8(6-15)3-11(10)19(16,17)14-5-9-4-13-7-18-9/h1-4,7,14-15H,5-6H2. The average molecular weight is 363 g/mol. The van der Waals surface area contributed by atoms with Crippen LogP contribution in [0.25, 0.3) is 0 Å². The molecule has 0 bridgehead atoms.